The van der Waals surface area contributed by atoms with Crippen LogP contribution in [0.4, 0.5) is 5.69 Å². The number of hydrogen-bond acceptors (Lipinski definition) is 5. The summed E-state index contributed by atoms with van der Waals surface area (Å²) >= 11 is 0. The predicted molar refractivity (Wildman–Crippen MR) is 106 cm³/mol. The number of ether oxygens (including phenoxy) is 1. The van der Waals surface area contributed by atoms with Crippen molar-refractivity contribution in [1.29, 1.82) is 0 Å². The van der Waals surface area contributed by atoms with Gasteiger partial charge in [-0.25, -0.2) is 12.7 Å². The Morgan fingerprint density at radius 2 is 1.64 bits per heavy atom. The van der Waals surface area contributed by atoms with Crippen molar-refractivity contribution < 1.29 is 22.7 Å². The third-order valence-electron chi connectivity index (χ3n) is 4.12. The van der Waals surface area contributed by atoms with E-state index in [0.29, 0.717) is 5.69 Å². The van der Waals surface area contributed by atoms with Crippen LogP contribution in [0.3, 0.4) is 0 Å². The van der Waals surface area contributed by atoms with Gasteiger partial charge in [0.2, 0.25) is 10.0 Å². The van der Waals surface area contributed by atoms with Crippen molar-refractivity contribution >= 4 is 27.6 Å². The molecule has 0 saturated carbocycles. The molecule has 1 atom stereocenters. The van der Waals surface area contributed by atoms with Crippen LogP contribution in [0.25, 0.3) is 0 Å². The van der Waals surface area contributed by atoms with Gasteiger partial charge in [-0.15, -0.1) is 0 Å². The Morgan fingerprint density at radius 1 is 1.04 bits per heavy atom. The number of nitrogens with zero attached hydrogens (tertiary/aromatic N) is 1. The number of sulfonamides is 1. The summed E-state index contributed by atoms with van der Waals surface area (Å²) in [6.07, 6.45) is 0.175. The molecular formula is C20H24N2O5S. The van der Waals surface area contributed by atoms with Crippen LogP contribution >= 0.6 is 0 Å². The second-order valence-corrected chi connectivity index (χ2v) is 8.69. The number of carbonyl (C=O) groups is 2. The van der Waals surface area contributed by atoms with Gasteiger partial charge in [-0.1, -0.05) is 37.3 Å². The Bertz CT molecular complexity index is 909. The van der Waals surface area contributed by atoms with Crippen LogP contribution in [-0.4, -0.2) is 45.3 Å². The van der Waals surface area contributed by atoms with E-state index in [-0.39, 0.29) is 17.2 Å². The van der Waals surface area contributed by atoms with Crippen molar-refractivity contribution in [3.8, 4) is 0 Å². The molecule has 0 aliphatic rings. The van der Waals surface area contributed by atoms with Gasteiger partial charge in [0.1, 0.15) is 0 Å². The van der Waals surface area contributed by atoms with E-state index >= 15 is 0 Å². The van der Waals surface area contributed by atoms with Gasteiger partial charge in [0.05, 0.1) is 11.3 Å². The molecule has 0 heterocycles. The maximum absolute atomic E-state index is 12.0. The highest BCUT2D eigenvalue weighted by atomic mass is 32.2. The number of hydrogen-bond donors (Lipinski definition) is 1. The van der Waals surface area contributed by atoms with Crippen molar-refractivity contribution in [2.75, 3.05) is 26.0 Å². The molecule has 0 aliphatic heterocycles. The maximum atomic E-state index is 12.0. The van der Waals surface area contributed by atoms with Gasteiger partial charge in [-0.2, -0.15) is 0 Å². The molecule has 0 fully saturated rings. The summed E-state index contributed by atoms with van der Waals surface area (Å²) in [5, 5.41) is 2.57. The van der Waals surface area contributed by atoms with Gasteiger partial charge in [0.15, 0.2) is 6.61 Å². The standard InChI is InChI=1S/C20H24N2O5S/c1-15(16-7-5-4-6-8-16)13-20(24)27-14-19(23)21-17-9-11-18(12-10-17)28(25,26)22(2)3/h4-12,15H,13-14H2,1-3H3,(H,21,23)/t15-/m1/s1. The van der Waals surface area contributed by atoms with Gasteiger partial charge in [-0.05, 0) is 35.7 Å². The molecule has 0 unspecified atom stereocenters. The van der Waals surface area contributed by atoms with Crippen molar-refractivity contribution in [3.05, 3.63) is 60.2 Å². The summed E-state index contributed by atoms with van der Waals surface area (Å²) in [5.74, 6) is -0.967. The van der Waals surface area contributed by atoms with Crippen LogP contribution in [0, 0.1) is 0 Å². The monoisotopic (exact) mass is 404 g/mol. The Balaban J connectivity index is 1.83. The van der Waals surface area contributed by atoms with E-state index in [4.69, 9.17) is 4.74 Å². The van der Waals surface area contributed by atoms with Gasteiger partial charge in [0.25, 0.3) is 5.91 Å². The number of carbonyl (C=O) groups excluding carboxylic acids is 2. The second-order valence-electron chi connectivity index (χ2n) is 6.54. The molecule has 2 rings (SSSR count). The molecule has 28 heavy (non-hydrogen) atoms. The topological polar surface area (TPSA) is 92.8 Å². The average molecular weight is 404 g/mol. The molecule has 7 nitrogen and oxygen atoms in total. The first-order valence-electron chi connectivity index (χ1n) is 8.73. The molecule has 150 valence electrons. The van der Waals surface area contributed by atoms with Crippen LogP contribution in [0.2, 0.25) is 0 Å². The number of benzene rings is 2. The van der Waals surface area contributed by atoms with Crippen molar-refractivity contribution in [2.45, 2.75) is 24.2 Å². The summed E-state index contributed by atoms with van der Waals surface area (Å²) in [6.45, 7) is 1.51. The molecule has 2 aromatic rings. The van der Waals surface area contributed by atoms with Crippen LogP contribution in [-0.2, 0) is 24.3 Å². The summed E-state index contributed by atoms with van der Waals surface area (Å²) in [7, 11) is -0.642. The number of esters is 1. The van der Waals surface area contributed by atoms with Crippen LogP contribution in [0.5, 0.6) is 0 Å². The Morgan fingerprint density at radius 3 is 2.21 bits per heavy atom. The minimum Gasteiger partial charge on any atom is -0.456 e. The molecule has 0 aliphatic carbocycles. The Labute approximate surface area is 165 Å². The molecule has 0 aromatic heterocycles. The highest BCUT2D eigenvalue weighted by Gasteiger charge is 2.17. The fraction of sp³-hybridized carbons (Fsp3) is 0.300. The fourth-order valence-electron chi connectivity index (χ4n) is 2.47. The summed E-state index contributed by atoms with van der Waals surface area (Å²) in [5.41, 5.74) is 1.44. The largest absolute Gasteiger partial charge is 0.456 e. The lowest BCUT2D eigenvalue weighted by Gasteiger charge is -2.13. The quantitative estimate of drug-likeness (QED) is 0.683. The molecule has 0 radical (unpaired) electrons. The van der Waals surface area contributed by atoms with Gasteiger partial charge in [-0.3, -0.25) is 9.59 Å². The zero-order chi connectivity index (χ0) is 20.7. The van der Waals surface area contributed by atoms with Crippen LogP contribution < -0.4 is 5.32 Å². The third-order valence-corrected chi connectivity index (χ3v) is 5.95. The molecule has 1 N–H and O–H groups in total. The lowest BCUT2D eigenvalue weighted by atomic mass is 9.98. The average Bonchev–Trinajstić information content (AvgIpc) is 2.67. The minimum absolute atomic E-state index is 0.0112. The lowest BCUT2D eigenvalue weighted by Crippen LogP contribution is -2.23. The van der Waals surface area contributed by atoms with E-state index < -0.39 is 28.5 Å². The molecule has 8 heteroatoms. The number of amides is 1. The molecule has 0 bridgehead atoms. The minimum atomic E-state index is -3.53. The number of anilines is 1. The van der Waals surface area contributed by atoms with E-state index in [1.54, 1.807) is 0 Å². The van der Waals surface area contributed by atoms with Crippen molar-refractivity contribution in [2.24, 2.45) is 0 Å². The lowest BCUT2D eigenvalue weighted by molar-refractivity contribution is -0.147. The maximum Gasteiger partial charge on any atom is 0.306 e. The number of nitrogens with one attached hydrogen (secondary N) is 1. The smallest absolute Gasteiger partial charge is 0.306 e. The van der Waals surface area contributed by atoms with E-state index in [0.717, 1.165) is 9.87 Å². The first kappa shape index (κ1) is 21.6. The summed E-state index contributed by atoms with van der Waals surface area (Å²) < 4.78 is 30.2. The van der Waals surface area contributed by atoms with E-state index in [1.165, 1.54) is 38.4 Å². The van der Waals surface area contributed by atoms with Gasteiger partial charge in [0, 0.05) is 19.8 Å². The highest BCUT2D eigenvalue weighted by Crippen LogP contribution is 2.19. The normalized spacial score (nSPS) is 12.4. The van der Waals surface area contributed by atoms with Crippen LogP contribution in [0.15, 0.2) is 59.5 Å². The molecule has 0 spiro atoms. The first-order chi connectivity index (χ1) is 13.2. The van der Waals surface area contributed by atoms with Gasteiger partial charge >= 0.3 is 5.97 Å². The van der Waals surface area contributed by atoms with E-state index in [2.05, 4.69) is 5.32 Å². The van der Waals surface area contributed by atoms with Crippen molar-refractivity contribution in [1.82, 2.24) is 4.31 Å². The van der Waals surface area contributed by atoms with Crippen molar-refractivity contribution in [3.63, 3.8) is 0 Å². The SMILES string of the molecule is C[C@H](CC(=O)OCC(=O)Nc1ccc(S(=O)(=O)N(C)C)cc1)c1ccccc1. The molecule has 2 aromatic carbocycles. The van der Waals surface area contributed by atoms with E-state index in [9.17, 15) is 18.0 Å². The summed E-state index contributed by atoms with van der Waals surface area (Å²) in [4.78, 5) is 24.0. The second kappa shape index (κ2) is 9.48. The van der Waals surface area contributed by atoms with Gasteiger partial charge < -0.3 is 10.1 Å². The Hall–Kier alpha value is -2.71. The predicted octanol–water partition coefficient (Wildman–Crippen LogP) is 2.61. The molecular weight excluding hydrogens is 380 g/mol. The molecule has 1 amide bonds. The zero-order valence-corrected chi connectivity index (χ0v) is 16.9. The fourth-order valence-corrected chi connectivity index (χ4v) is 3.37. The van der Waals surface area contributed by atoms with Crippen LogP contribution in [0.1, 0.15) is 24.8 Å². The summed E-state index contributed by atoms with van der Waals surface area (Å²) in [6, 6.07) is 15.3. The Kier molecular flexibility index (Phi) is 7.31. The van der Waals surface area contributed by atoms with E-state index in [1.807, 2.05) is 37.3 Å². The number of rotatable bonds is 8. The first-order valence-corrected chi connectivity index (χ1v) is 10.2. The third kappa shape index (κ3) is 5.90. The highest BCUT2D eigenvalue weighted by molar-refractivity contribution is 7.89. The molecule has 0 saturated heterocycles. The zero-order valence-electron chi connectivity index (χ0n) is 16.1.